The van der Waals surface area contributed by atoms with Crippen LogP contribution >= 0.6 is 11.6 Å². The topological polar surface area (TPSA) is 44.1 Å². The van der Waals surface area contributed by atoms with Crippen LogP contribution in [0.15, 0.2) is 18.2 Å². The van der Waals surface area contributed by atoms with Crippen LogP contribution < -0.4 is 0 Å². The van der Waals surface area contributed by atoms with E-state index in [9.17, 15) is 4.79 Å². The molecule has 0 spiro atoms. The molecule has 0 saturated heterocycles. The van der Waals surface area contributed by atoms with Crippen molar-refractivity contribution >= 4 is 28.6 Å². The van der Waals surface area contributed by atoms with Crippen molar-refractivity contribution in [3.05, 3.63) is 29.6 Å². The summed E-state index contributed by atoms with van der Waals surface area (Å²) in [5, 5.41) is 0. The van der Waals surface area contributed by atoms with Gasteiger partial charge in [-0.15, -0.1) is 11.6 Å². The molecule has 0 fully saturated rings. The van der Waals surface area contributed by atoms with Crippen LogP contribution in [-0.2, 0) is 15.4 Å². The lowest BCUT2D eigenvalue weighted by Gasteiger charge is -2.21. The number of alkyl halides is 1. The van der Waals surface area contributed by atoms with Crippen molar-refractivity contribution in [2.75, 3.05) is 7.11 Å². The highest BCUT2D eigenvalue weighted by atomic mass is 35.5. The Morgan fingerprint density at radius 3 is 2.71 bits per heavy atom. The fraction of sp³-hybridized carbons (Fsp3) is 0.500. The Morgan fingerprint density at radius 1 is 1.43 bits per heavy atom. The van der Waals surface area contributed by atoms with Gasteiger partial charge < -0.3 is 9.30 Å². The molecule has 5 heteroatoms. The summed E-state index contributed by atoms with van der Waals surface area (Å²) in [6.07, 6.45) is 0.691. The van der Waals surface area contributed by atoms with Crippen molar-refractivity contribution in [3.63, 3.8) is 0 Å². The summed E-state index contributed by atoms with van der Waals surface area (Å²) in [5.41, 5.74) is 2.90. The number of esters is 1. The first-order valence-electron chi connectivity index (χ1n) is 7.09. The van der Waals surface area contributed by atoms with E-state index in [2.05, 4.69) is 18.8 Å². The molecule has 1 aromatic heterocycles. The van der Waals surface area contributed by atoms with E-state index in [1.54, 1.807) is 0 Å². The molecule has 21 heavy (non-hydrogen) atoms. The second-order valence-corrected chi connectivity index (χ2v) is 5.91. The van der Waals surface area contributed by atoms with Crippen LogP contribution in [0.5, 0.6) is 0 Å². The Kier molecular flexibility index (Phi) is 4.88. The first kappa shape index (κ1) is 15.8. The maximum Gasteiger partial charge on any atom is 0.328 e. The van der Waals surface area contributed by atoms with Crippen LogP contribution in [0.1, 0.15) is 37.7 Å². The van der Waals surface area contributed by atoms with Gasteiger partial charge in [-0.1, -0.05) is 26.0 Å². The summed E-state index contributed by atoms with van der Waals surface area (Å²) < 4.78 is 6.94. The van der Waals surface area contributed by atoms with Crippen molar-refractivity contribution < 1.29 is 9.53 Å². The van der Waals surface area contributed by atoms with Gasteiger partial charge in [0.15, 0.2) is 0 Å². The van der Waals surface area contributed by atoms with Gasteiger partial charge in [0.25, 0.3) is 0 Å². The number of rotatable bonds is 5. The average Bonchev–Trinajstić information content (AvgIpc) is 2.83. The molecule has 0 bridgehead atoms. The lowest BCUT2D eigenvalue weighted by Crippen LogP contribution is -2.24. The number of benzene rings is 1. The van der Waals surface area contributed by atoms with Gasteiger partial charge in [-0.05, 0) is 30.9 Å². The Bertz CT molecular complexity index is 649. The minimum absolute atomic E-state index is 0.252. The number of carbonyl (C=O) groups is 1. The molecule has 2 aromatic rings. The molecular formula is C16H21ClN2O2. The third-order valence-corrected chi connectivity index (χ3v) is 3.82. The van der Waals surface area contributed by atoms with Crippen LogP contribution in [0.2, 0.25) is 0 Å². The zero-order chi connectivity index (χ0) is 15.6. The van der Waals surface area contributed by atoms with Crippen molar-refractivity contribution in [1.82, 2.24) is 9.55 Å². The van der Waals surface area contributed by atoms with Gasteiger partial charge >= 0.3 is 5.97 Å². The van der Waals surface area contributed by atoms with E-state index in [4.69, 9.17) is 16.3 Å². The molecule has 4 nitrogen and oxygen atoms in total. The number of ether oxygens (including phenoxy) is 1. The third kappa shape index (κ3) is 3.05. The smallest absolute Gasteiger partial charge is 0.328 e. The number of nitrogens with zero attached hydrogens (tertiary/aromatic N) is 2. The Morgan fingerprint density at radius 2 is 2.14 bits per heavy atom. The first-order chi connectivity index (χ1) is 9.99. The third-order valence-electron chi connectivity index (χ3n) is 3.58. The quantitative estimate of drug-likeness (QED) is 0.622. The monoisotopic (exact) mass is 308 g/mol. The maximum absolute atomic E-state index is 12.3. The summed E-state index contributed by atoms with van der Waals surface area (Å²) in [4.78, 5) is 16.8. The zero-order valence-corrected chi connectivity index (χ0v) is 13.6. The van der Waals surface area contributed by atoms with Crippen LogP contribution in [0.4, 0.5) is 0 Å². The highest BCUT2D eigenvalue weighted by Crippen LogP contribution is 2.29. The van der Waals surface area contributed by atoms with Crippen molar-refractivity contribution in [2.45, 2.75) is 39.1 Å². The SMILES string of the molecule is COC(=O)C(CC(C)C)n1c(CCl)nc2cccc(C)c21. The molecule has 0 radical (unpaired) electrons. The number of methoxy groups -OCH3 is 1. The standard InChI is InChI=1S/C16H21ClN2O2/c1-10(2)8-13(16(20)21-4)19-14(9-17)18-12-7-5-6-11(3)15(12)19/h5-7,10,13H,8-9H2,1-4H3. The molecule has 1 unspecified atom stereocenters. The van der Waals surface area contributed by atoms with Gasteiger partial charge in [0.2, 0.25) is 0 Å². The summed E-state index contributed by atoms with van der Waals surface area (Å²) in [6, 6.07) is 5.53. The summed E-state index contributed by atoms with van der Waals surface area (Å²) in [5.74, 6) is 1.08. The van der Waals surface area contributed by atoms with E-state index in [1.807, 2.05) is 29.7 Å². The molecule has 1 aromatic carbocycles. The first-order valence-corrected chi connectivity index (χ1v) is 7.63. The Labute approximate surface area is 130 Å². The van der Waals surface area contributed by atoms with E-state index in [0.29, 0.717) is 18.2 Å². The number of hydrogen-bond acceptors (Lipinski definition) is 3. The fourth-order valence-electron chi connectivity index (χ4n) is 2.69. The molecule has 114 valence electrons. The van der Waals surface area contributed by atoms with Gasteiger partial charge in [-0.25, -0.2) is 9.78 Å². The number of carbonyl (C=O) groups excluding carboxylic acids is 1. The predicted octanol–water partition coefficient (Wildman–Crippen LogP) is 3.84. The zero-order valence-electron chi connectivity index (χ0n) is 12.9. The number of aromatic nitrogens is 2. The molecule has 1 heterocycles. The maximum atomic E-state index is 12.3. The summed E-state index contributed by atoms with van der Waals surface area (Å²) >= 11 is 6.05. The highest BCUT2D eigenvalue weighted by Gasteiger charge is 2.27. The van der Waals surface area contributed by atoms with E-state index < -0.39 is 6.04 Å². The second-order valence-electron chi connectivity index (χ2n) is 5.64. The van der Waals surface area contributed by atoms with Gasteiger partial charge in [0, 0.05) is 0 Å². The molecular weight excluding hydrogens is 288 g/mol. The molecule has 0 N–H and O–H groups in total. The number of aryl methyl sites for hydroxylation is 1. The van der Waals surface area contributed by atoms with Gasteiger partial charge in [0.05, 0.1) is 24.0 Å². The van der Waals surface area contributed by atoms with Crippen molar-refractivity contribution in [1.29, 1.82) is 0 Å². The number of para-hydroxylation sites is 1. The van der Waals surface area contributed by atoms with E-state index in [0.717, 1.165) is 16.6 Å². The fourth-order valence-corrected chi connectivity index (χ4v) is 2.88. The molecule has 0 aliphatic heterocycles. The Hall–Kier alpha value is -1.55. The molecule has 0 saturated carbocycles. The van der Waals surface area contributed by atoms with Crippen LogP contribution in [0.25, 0.3) is 11.0 Å². The number of hydrogen-bond donors (Lipinski definition) is 0. The van der Waals surface area contributed by atoms with Gasteiger partial charge in [0.1, 0.15) is 11.9 Å². The van der Waals surface area contributed by atoms with Crippen molar-refractivity contribution in [3.8, 4) is 0 Å². The predicted molar refractivity (Wildman–Crippen MR) is 84.5 cm³/mol. The van der Waals surface area contributed by atoms with Crippen LogP contribution in [-0.4, -0.2) is 22.6 Å². The Balaban J connectivity index is 2.67. The number of imidazole rings is 1. The largest absolute Gasteiger partial charge is 0.467 e. The summed E-state index contributed by atoms with van der Waals surface area (Å²) in [6.45, 7) is 6.19. The van der Waals surface area contributed by atoms with Crippen LogP contribution in [0, 0.1) is 12.8 Å². The molecule has 2 rings (SSSR count). The summed E-state index contributed by atoms with van der Waals surface area (Å²) in [7, 11) is 1.42. The lowest BCUT2D eigenvalue weighted by atomic mass is 10.0. The molecule has 0 aliphatic rings. The normalized spacial score (nSPS) is 12.9. The van der Waals surface area contributed by atoms with Gasteiger partial charge in [-0.3, -0.25) is 0 Å². The number of halogens is 1. The minimum atomic E-state index is -0.394. The number of fused-ring (bicyclic) bond motifs is 1. The second kappa shape index (κ2) is 6.48. The average molecular weight is 309 g/mol. The van der Waals surface area contributed by atoms with Crippen LogP contribution in [0.3, 0.4) is 0 Å². The molecule has 1 atom stereocenters. The molecule has 0 aliphatic carbocycles. The van der Waals surface area contributed by atoms with E-state index >= 15 is 0 Å². The lowest BCUT2D eigenvalue weighted by molar-refractivity contribution is -0.145. The molecule has 0 amide bonds. The van der Waals surface area contributed by atoms with Gasteiger partial charge in [-0.2, -0.15) is 0 Å². The van der Waals surface area contributed by atoms with E-state index in [1.165, 1.54) is 7.11 Å². The minimum Gasteiger partial charge on any atom is -0.467 e. The van der Waals surface area contributed by atoms with E-state index in [-0.39, 0.29) is 11.8 Å². The van der Waals surface area contributed by atoms with Crippen molar-refractivity contribution in [2.24, 2.45) is 5.92 Å². The highest BCUT2D eigenvalue weighted by molar-refractivity contribution is 6.17.